The third-order valence-corrected chi connectivity index (χ3v) is 4.81. The summed E-state index contributed by atoms with van der Waals surface area (Å²) in [5.41, 5.74) is 3.36. The van der Waals surface area contributed by atoms with Gasteiger partial charge in [-0.15, -0.1) is 0 Å². The van der Waals surface area contributed by atoms with Crippen LogP contribution < -0.4 is 0 Å². The number of nitrogens with one attached hydrogen (secondary N) is 1. The Bertz CT molecular complexity index is 1130. The van der Waals surface area contributed by atoms with E-state index in [9.17, 15) is 0 Å². The van der Waals surface area contributed by atoms with Gasteiger partial charge in [0.15, 0.2) is 0 Å². The van der Waals surface area contributed by atoms with Gasteiger partial charge in [-0.25, -0.2) is 0 Å². The molecule has 0 bridgehead atoms. The van der Waals surface area contributed by atoms with Crippen LogP contribution in [0.4, 0.5) is 0 Å². The average molecular weight is 317 g/mol. The summed E-state index contributed by atoms with van der Waals surface area (Å²) < 4.78 is 2.22. The Morgan fingerprint density at radius 1 is 0.652 bits per heavy atom. The fourth-order valence-corrected chi connectivity index (χ4v) is 3.71. The van der Waals surface area contributed by atoms with E-state index in [0.29, 0.717) is 0 Å². The van der Waals surface area contributed by atoms with Crippen molar-refractivity contribution in [1.29, 1.82) is 0 Å². The Kier molecular flexibility index (Phi) is 2.58. The van der Waals surface area contributed by atoms with E-state index in [1.807, 2.05) is 18.2 Å². The number of rotatable bonds is 1. The Balaban J connectivity index is 2.00. The molecule has 5 aromatic rings. The van der Waals surface area contributed by atoms with Crippen LogP contribution in [0.15, 0.2) is 72.8 Å². The molecule has 0 unspecified atom stereocenters. The van der Waals surface area contributed by atoms with Crippen molar-refractivity contribution < 1.29 is 0 Å². The summed E-state index contributed by atoms with van der Waals surface area (Å²) in [6.45, 7) is 0. The lowest BCUT2D eigenvalue weighted by Crippen LogP contribution is -1.94. The predicted octanol–water partition coefficient (Wildman–Crippen LogP) is 5.92. The Labute approximate surface area is 137 Å². The number of nitrogens with zero attached hydrogens (tertiary/aromatic N) is 1. The average Bonchev–Trinajstić information content (AvgIpc) is 3.11. The maximum absolute atomic E-state index is 6.70. The molecular formula is C20H13ClN2. The van der Waals surface area contributed by atoms with Crippen molar-refractivity contribution in [1.82, 2.24) is 9.55 Å². The Morgan fingerprint density at radius 3 is 1.78 bits per heavy atom. The monoisotopic (exact) mass is 316 g/mol. The van der Waals surface area contributed by atoms with Crippen molar-refractivity contribution in [2.24, 2.45) is 0 Å². The van der Waals surface area contributed by atoms with Crippen molar-refractivity contribution in [2.45, 2.75) is 0 Å². The van der Waals surface area contributed by atoms with E-state index in [1.54, 1.807) is 0 Å². The quantitative estimate of drug-likeness (QED) is 0.396. The molecule has 0 radical (unpaired) electrons. The first-order valence-electron chi connectivity index (χ1n) is 7.59. The van der Waals surface area contributed by atoms with Crippen molar-refractivity contribution in [3.63, 3.8) is 0 Å². The van der Waals surface area contributed by atoms with E-state index in [1.165, 1.54) is 10.8 Å². The second-order valence-electron chi connectivity index (χ2n) is 5.70. The van der Waals surface area contributed by atoms with E-state index in [2.05, 4.69) is 64.1 Å². The predicted molar refractivity (Wildman–Crippen MR) is 97.6 cm³/mol. The molecule has 2 nitrogen and oxygen atoms in total. The van der Waals surface area contributed by atoms with Crippen LogP contribution in [0.3, 0.4) is 0 Å². The van der Waals surface area contributed by atoms with E-state index in [-0.39, 0.29) is 0 Å². The lowest BCUT2D eigenvalue weighted by atomic mass is 10.2. The van der Waals surface area contributed by atoms with E-state index >= 15 is 0 Å². The molecule has 0 aliphatic rings. The summed E-state index contributed by atoms with van der Waals surface area (Å²) in [6.07, 6.45) is 0. The van der Waals surface area contributed by atoms with Crippen molar-refractivity contribution in [3.8, 4) is 5.82 Å². The van der Waals surface area contributed by atoms with E-state index in [4.69, 9.17) is 11.6 Å². The molecule has 0 aliphatic carbocycles. The van der Waals surface area contributed by atoms with Gasteiger partial charge in [0.1, 0.15) is 5.82 Å². The molecule has 23 heavy (non-hydrogen) atoms. The van der Waals surface area contributed by atoms with Crippen molar-refractivity contribution in [3.05, 3.63) is 77.8 Å². The number of aromatic amines is 1. The van der Waals surface area contributed by atoms with Gasteiger partial charge in [-0.3, -0.25) is 4.57 Å². The second kappa shape index (κ2) is 4.64. The number of halogens is 1. The summed E-state index contributed by atoms with van der Waals surface area (Å²) >= 11 is 6.70. The van der Waals surface area contributed by atoms with Gasteiger partial charge in [-0.05, 0) is 18.2 Å². The molecule has 0 saturated heterocycles. The molecular weight excluding hydrogens is 304 g/mol. The maximum atomic E-state index is 6.70. The normalized spacial score (nSPS) is 11.7. The van der Waals surface area contributed by atoms with Gasteiger partial charge in [0.2, 0.25) is 0 Å². The third kappa shape index (κ3) is 1.70. The first kappa shape index (κ1) is 12.8. The number of benzene rings is 3. The highest BCUT2D eigenvalue weighted by Crippen LogP contribution is 2.36. The minimum atomic E-state index is 0.757. The van der Waals surface area contributed by atoms with Gasteiger partial charge in [0.05, 0.1) is 16.1 Å². The summed E-state index contributed by atoms with van der Waals surface area (Å²) in [6, 6.07) is 25.0. The van der Waals surface area contributed by atoms with Crippen LogP contribution in [0.2, 0.25) is 5.02 Å². The molecule has 3 heteroatoms. The van der Waals surface area contributed by atoms with Crippen LogP contribution in [0.5, 0.6) is 0 Å². The zero-order valence-electron chi connectivity index (χ0n) is 12.3. The summed E-state index contributed by atoms with van der Waals surface area (Å²) in [5, 5.41) is 4.27. The van der Waals surface area contributed by atoms with Gasteiger partial charge < -0.3 is 4.98 Å². The molecule has 0 atom stereocenters. The molecule has 110 valence electrons. The minimum Gasteiger partial charge on any atom is -0.340 e. The van der Waals surface area contributed by atoms with Crippen LogP contribution in [0, 0.1) is 0 Å². The fourth-order valence-electron chi connectivity index (χ4n) is 3.41. The second-order valence-corrected chi connectivity index (χ2v) is 6.08. The molecule has 0 saturated carbocycles. The summed E-state index contributed by atoms with van der Waals surface area (Å²) in [7, 11) is 0. The zero-order valence-corrected chi connectivity index (χ0v) is 13.0. The molecule has 1 N–H and O–H groups in total. The molecule has 0 fully saturated rings. The fraction of sp³-hybridized carbons (Fsp3) is 0. The molecule has 2 aromatic heterocycles. The van der Waals surface area contributed by atoms with Gasteiger partial charge in [0, 0.05) is 21.7 Å². The Hall–Kier alpha value is -2.71. The van der Waals surface area contributed by atoms with E-state index < -0.39 is 0 Å². The van der Waals surface area contributed by atoms with Gasteiger partial charge in [0.25, 0.3) is 0 Å². The Morgan fingerprint density at radius 2 is 1.17 bits per heavy atom. The topological polar surface area (TPSA) is 20.7 Å². The molecule has 3 aromatic carbocycles. The number of hydrogen-bond donors (Lipinski definition) is 1. The van der Waals surface area contributed by atoms with E-state index in [0.717, 1.165) is 32.8 Å². The third-order valence-electron chi connectivity index (χ3n) is 4.43. The van der Waals surface area contributed by atoms with Crippen molar-refractivity contribution in [2.75, 3.05) is 0 Å². The number of hydrogen-bond acceptors (Lipinski definition) is 0. The molecule has 0 spiro atoms. The van der Waals surface area contributed by atoms with Crippen LogP contribution in [0.1, 0.15) is 0 Å². The summed E-state index contributed by atoms with van der Waals surface area (Å²) in [4.78, 5) is 3.48. The minimum absolute atomic E-state index is 0.757. The van der Waals surface area contributed by atoms with Gasteiger partial charge in [-0.1, -0.05) is 66.2 Å². The first-order chi connectivity index (χ1) is 11.3. The number of aromatic nitrogens is 2. The van der Waals surface area contributed by atoms with Crippen LogP contribution in [-0.4, -0.2) is 9.55 Å². The van der Waals surface area contributed by atoms with Crippen LogP contribution >= 0.6 is 11.6 Å². The zero-order chi connectivity index (χ0) is 15.4. The van der Waals surface area contributed by atoms with Crippen LogP contribution in [-0.2, 0) is 0 Å². The SMILES string of the molecule is Clc1c(-n2c3ccccc3c3ccccc32)[nH]c2ccccc12. The lowest BCUT2D eigenvalue weighted by molar-refractivity contribution is 1.12. The van der Waals surface area contributed by atoms with Crippen molar-refractivity contribution >= 4 is 44.3 Å². The molecule has 2 heterocycles. The maximum Gasteiger partial charge on any atom is 0.135 e. The first-order valence-corrected chi connectivity index (χ1v) is 7.97. The molecule has 5 rings (SSSR count). The lowest BCUT2D eigenvalue weighted by Gasteiger charge is -2.05. The molecule has 0 aliphatic heterocycles. The highest BCUT2D eigenvalue weighted by molar-refractivity contribution is 6.37. The van der Waals surface area contributed by atoms with Gasteiger partial charge >= 0.3 is 0 Å². The highest BCUT2D eigenvalue weighted by Gasteiger charge is 2.16. The van der Waals surface area contributed by atoms with Crippen LogP contribution in [0.25, 0.3) is 38.5 Å². The molecule has 0 amide bonds. The number of para-hydroxylation sites is 3. The highest BCUT2D eigenvalue weighted by atomic mass is 35.5. The largest absolute Gasteiger partial charge is 0.340 e. The smallest absolute Gasteiger partial charge is 0.135 e. The van der Waals surface area contributed by atoms with Gasteiger partial charge in [-0.2, -0.15) is 0 Å². The summed E-state index contributed by atoms with van der Waals surface area (Å²) in [5.74, 6) is 0.922. The number of fused-ring (bicyclic) bond motifs is 4. The standard InChI is InChI=1S/C20H13ClN2/c21-19-15-9-1-4-10-16(15)22-20(19)23-17-11-5-2-7-13(17)14-8-3-6-12-18(14)23/h1-12,22H. The number of H-pyrrole nitrogens is 1.